The smallest absolute Gasteiger partial charge is 0.0914 e. The first-order chi connectivity index (χ1) is 10.1. The third kappa shape index (κ3) is 4.40. The molecule has 2 rings (SSSR count). The maximum Gasteiger partial charge on any atom is 0.0914 e. The maximum atomic E-state index is 10.3. The van der Waals surface area contributed by atoms with Gasteiger partial charge in [-0.2, -0.15) is 0 Å². The number of benzene rings is 1. The third-order valence-electron chi connectivity index (χ3n) is 3.84. The normalized spacial score (nSPS) is 14.3. The van der Waals surface area contributed by atoms with Crippen LogP contribution in [0, 0.1) is 0 Å². The summed E-state index contributed by atoms with van der Waals surface area (Å²) in [5, 5.41) is 15.9. The van der Waals surface area contributed by atoms with E-state index in [1.807, 2.05) is 12.1 Å². The molecule has 0 amide bonds. The van der Waals surface area contributed by atoms with Gasteiger partial charge < -0.3 is 10.4 Å². The molecule has 0 saturated carbocycles. The molecule has 0 aliphatic heterocycles. The van der Waals surface area contributed by atoms with Crippen molar-refractivity contribution in [3.05, 3.63) is 57.8 Å². The Morgan fingerprint density at radius 3 is 2.29 bits per heavy atom. The van der Waals surface area contributed by atoms with Crippen molar-refractivity contribution in [1.82, 2.24) is 5.32 Å². The minimum atomic E-state index is -0.458. The molecular weight excluding hydrogens is 278 g/mol. The predicted octanol–water partition coefficient (Wildman–Crippen LogP) is 4.65. The molecule has 2 N–H and O–H groups in total. The lowest BCUT2D eigenvalue weighted by Crippen LogP contribution is -2.25. The van der Waals surface area contributed by atoms with Crippen molar-refractivity contribution in [2.45, 2.75) is 45.3 Å². The summed E-state index contributed by atoms with van der Waals surface area (Å²) in [5.74, 6) is 0.526. The van der Waals surface area contributed by atoms with Gasteiger partial charge in [-0.15, -0.1) is 11.3 Å². The lowest BCUT2D eigenvalue weighted by atomic mass is 10.00. The van der Waals surface area contributed by atoms with Crippen LogP contribution in [-0.2, 0) is 0 Å². The van der Waals surface area contributed by atoms with Gasteiger partial charge in [-0.3, -0.25) is 0 Å². The van der Waals surface area contributed by atoms with Gasteiger partial charge in [0.05, 0.1) is 6.10 Å². The molecule has 0 saturated heterocycles. The van der Waals surface area contributed by atoms with E-state index in [9.17, 15) is 5.11 Å². The molecule has 1 heterocycles. The molecule has 2 atom stereocenters. The van der Waals surface area contributed by atoms with E-state index in [0.29, 0.717) is 18.5 Å². The molecule has 114 valence electrons. The van der Waals surface area contributed by atoms with Crippen molar-refractivity contribution in [3.8, 4) is 0 Å². The molecule has 0 spiro atoms. The fraction of sp³-hybridized carbons (Fsp3) is 0.444. The second kappa shape index (κ2) is 7.74. The second-order valence-corrected chi connectivity index (χ2v) is 6.70. The van der Waals surface area contributed by atoms with Crippen LogP contribution < -0.4 is 5.32 Å². The van der Waals surface area contributed by atoms with E-state index in [4.69, 9.17) is 0 Å². The quantitative estimate of drug-likeness (QED) is 0.780. The molecule has 3 heteroatoms. The van der Waals surface area contributed by atoms with Crippen LogP contribution >= 0.6 is 11.3 Å². The Hall–Kier alpha value is -1.16. The number of aliphatic hydroxyl groups is 1. The van der Waals surface area contributed by atoms with E-state index >= 15 is 0 Å². The Morgan fingerprint density at radius 2 is 1.76 bits per heavy atom. The van der Waals surface area contributed by atoms with Crippen LogP contribution in [0.25, 0.3) is 0 Å². The predicted molar refractivity (Wildman–Crippen MR) is 90.8 cm³/mol. The van der Waals surface area contributed by atoms with Crippen LogP contribution in [0.3, 0.4) is 0 Å². The molecule has 0 bridgehead atoms. The summed E-state index contributed by atoms with van der Waals surface area (Å²) in [7, 11) is 0. The van der Waals surface area contributed by atoms with E-state index < -0.39 is 6.10 Å². The number of hydrogen-bond donors (Lipinski definition) is 2. The maximum absolute atomic E-state index is 10.3. The summed E-state index contributed by atoms with van der Waals surface area (Å²) in [4.78, 5) is 1.33. The van der Waals surface area contributed by atoms with Crippen LogP contribution in [0.4, 0.5) is 0 Å². The highest BCUT2D eigenvalue weighted by atomic mass is 32.1. The molecule has 0 aliphatic rings. The zero-order chi connectivity index (χ0) is 15.2. The van der Waals surface area contributed by atoms with Gasteiger partial charge in [0.2, 0.25) is 0 Å². The highest BCUT2D eigenvalue weighted by molar-refractivity contribution is 7.10. The lowest BCUT2D eigenvalue weighted by Gasteiger charge is -2.19. The Bertz CT molecular complexity index is 519. The van der Waals surface area contributed by atoms with Gasteiger partial charge in [0.1, 0.15) is 0 Å². The molecule has 1 aromatic heterocycles. The first-order valence-electron chi connectivity index (χ1n) is 7.66. The Morgan fingerprint density at radius 1 is 1.10 bits per heavy atom. The van der Waals surface area contributed by atoms with Gasteiger partial charge >= 0.3 is 0 Å². The van der Waals surface area contributed by atoms with E-state index in [1.165, 1.54) is 10.4 Å². The van der Waals surface area contributed by atoms with Crippen molar-refractivity contribution in [2.75, 3.05) is 6.54 Å². The minimum absolute atomic E-state index is 0.328. The van der Waals surface area contributed by atoms with E-state index in [-0.39, 0.29) is 0 Å². The molecule has 2 nitrogen and oxygen atoms in total. The largest absolute Gasteiger partial charge is 0.387 e. The monoisotopic (exact) mass is 303 g/mol. The highest BCUT2D eigenvalue weighted by Gasteiger charge is 2.13. The molecule has 0 aliphatic carbocycles. The van der Waals surface area contributed by atoms with E-state index in [2.05, 4.69) is 55.7 Å². The van der Waals surface area contributed by atoms with E-state index in [0.717, 1.165) is 12.0 Å². The molecule has 21 heavy (non-hydrogen) atoms. The standard InChI is InChI=1S/C18H25NOS/c1-4-16(18-6-5-11-21-18)19-12-17(20)15-9-7-14(8-10-15)13(2)3/h5-11,13,16-17,19-20H,4,12H2,1-3H3. The average Bonchev–Trinajstić information content (AvgIpc) is 3.02. The SMILES string of the molecule is CCC(NCC(O)c1ccc(C(C)C)cc1)c1cccs1. The van der Waals surface area contributed by atoms with Crippen molar-refractivity contribution in [2.24, 2.45) is 0 Å². The molecule has 0 fully saturated rings. The third-order valence-corrected chi connectivity index (χ3v) is 4.83. The van der Waals surface area contributed by atoms with Gasteiger partial charge in [-0.05, 0) is 34.9 Å². The van der Waals surface area contributed by atoms with Gasteiger partial charge in [-0.1, -0.05) is 51.1 Å². The van der Waals surface area contributed by atoms with Crippen molar-refractivity contribution in [1.29, 1.82) is 0 Å². The van der Waals surface area contributed by atoms with Gasteiger partial charge in [0.25, 0.3) is 0 Å². The zero-order valence-electron chi connectivity index (χ0n) is 13.0. The Kier molecular flexibility index (Phi) is 5.97. The fourth-order valence-electron chi connectivity index (χ4n) is 2.41. The van der Waals surface area contributed by atoms with Crippen molar-refractivity contribution in [3.63, 3.8) is 0 Å². The Labute approximate surface area is 131 Å². The first kappa shape index (κ1) is 16.2. The number of aliphatic hydroxyl groups excluding tert-OH is 1. The summed E-state index contributed by atoms with van der Waals surface area (Å²) in [6.07, 6.45) is 0.569. The van der Waals surface area contributed by atoms with Crippen LogP contribution in [0.1, 0.15) is 61.3 Å². The Balaban J connectivity index is 1.93. The summed E-state index contributed by atoms with van der Waals surface area (Å²) in [6.45, 7) is 7.11. The molecule has 2 unspecified atom stereocenters. The number of thiophene rings is 1. The van der Waals surface area contributed by atoms with E-state index in [1.54, 1.807) is 11.3 Å². The summed E-state index contributed by atoms with van der Waals surface area (Å²) < 4.78 is 0. The average molecular weight is 303 g/mol. The van der Waals surface area contributed by atoms with Crippen molar-refractivity contribution < 1.29 is 5.11 Å². The molecule has 2 aromatic rings. The van der Waals surface area contributed by atoms with Crippen molar-refractivity contribution >= 4 is 11.3 Å². The van der Waals surface area contributed by atoms with Crippen LogP contribution in [0.15, 0.2) is 41.8 Å². The number of hydrogen-bond acceptors (Lipinski definition) is 3. The first-order valence-corrected chi connectivity index (χ1v) is 8.54. The summed E-state index contributed by atoms with van der Waals surface area (Å²) >= 11 is 1.76. The zero-order valence-corrected chi connectivity index (χ0v) is 13.9. The fourth-order valence-corrected chi connectivity index (χ4v) is 3.30. The van der Waals surface area contributed by atoms with Gasteiger partial charge in [0, 0.05) is 17.5 Å². The van der Waals surface area contributed by atoms with Gasteiger partial charge in [0.15, 0.2) is 0 Å². The number of nitrogens with one attached hydrogen (secondary N) is 1. The van der Waals surface area contributed by atoms with Gasteiger partial charge in [-0.25, -0.2) is 0 Å². The molecular formula is C18H25NOS. The highest BCUT2D eigenvalue weighted by Crippen LogP contribution is 2.23. The molecule has 0 radical (unpaired) electrons. The van der Waals surface area contributed by atoms with Crippen LogP contribution in [0.5, 0.6) is 0 Å². The molecule has 1 aromatic carbocycles. The lowest BCUT2D eigenvalue weighted by molar-refractivity contribution is 0.169. The minimum Gasteiger partial charge on any atom is -0.387 e. The topological polar surface area (TPSA) is 32.3 Å². The summed E-state index contributed by atoms with van der Waals surface area (Å²) in [6, 6.07) is 12.8. The van der Waals surface area contributed by atoms with Crippen LogP contribution in [-0.4, -0.2) is 11.7 Å². The second-order valence-electron chi connectivity index (χ2n) is 5.72. The van der Waals surface area contributed by atoms with Crippen LogP contribution in [0.2, 0.25) is 0 Å². The number of rotatable bonds is 7. The summed E-state index contributed by atoms with van der Waals surface area (Å²) in [5.41, 5.74) is 2.29.